The summed E-state index contributed by atoms with van der Waals surface area (Å²) in [5, 5.41) is 9.06. The molecule has 1 aromatic carbocycles. The zero-order valence-corrected chi connectivity index (χ0v) is 13.0. The molecule has 0 amide bonds. The highest BCUT2D eigenvalue weighted by Crippen LogP contribution is 2.33. The number of aryl methyl sites for hydroxylation is 1. The fourth-order valence-electron chi connectivity index (χ4n) is 2.53. The van der Waals surface area contributed by atoms with Gasteiger partial charge in [0.25, 0.3) is 0 Å². The molecule has 0 atom stereocenters. The van der Waals surface area contributed by atoms with E-state index in [1.807, 2.05) is 33.8 Å². The van der Waals surface area contributed by atoms with Crippen molar-refractivity contribution < 1.29 is 14.6 Å². The molecule has 0 aromatic heterocycles. The fourth-order valence-corrected chi connectivity index (χ4v) is 2.53. The first-order chi connectivity index (χ1) is 9.42. The molecule has 3 heteroatoms. The maximum absolute atomic E-state index is 11.0. The van der Waals surface area contributed by atoms with Crippen LogP contribution in [0.2, 0.25) is 0 Å². The Labute approximate surface area is 121 Å². The lowest BCUT2D eigenvalue weighted by Crippen LogP contribution is -2.03. The summed E-state index contributed by atoms with van der Waals surface area (Å²) in [5.74, 6) is -0.00351. The molecule has 0 bridgehead atoms. The number of rotatable bonds is 6. The minimum Gasteiger partial charge on any atom is -0.494 e. The molecular weight excluding hydrogens is 252 g/mol. The Balaban J connectivity index is 3.43. The van der Waals surface area contributed by atoms with E-state index in [-0.39, 0.29) is 0 Å². The zero-order chi connectivity index (χ0) is 15.3. The van der Waals surface area contributed by atoms with Crippen LogP contribution in [-0.4, -0.2) is 17.7 Å². The van der Waals surface area contributed by atoms with Crippen LogP contribution in [0.3, 0.4) is 0 Å². The van der Waals surface area contributed by atoms with Crippen molar-refractivity contribution in [1.29, 1.82) is 0 Å². The largest absolute Gasteiger partial charge is 0.494 e. The summed E-state index contributed by atoms with van der Waals surface area (Å²) >= 11 is 0. The number of carbonyl (C=O) groups is 1. The molecule has 0 saturated heterocycles. The van der Waals surface area contributed by atoms with Crippen molar-refractivity contribution in [3.63, 3.8) is 0 Å². The first kappa shape index (κ1) is 16.3. The van der Waals surface area contributed by atoms with Gasteiger partial charge < -0.3 is 9.84 Å². The van der Waals surface area contributed by atoms with E-state index < -0.39 is 5.97 Å². The van der Waals surface area contributed by atoms with E-state index in [1.54, 1.807) is 0 Å². The average molecular weight is 276 g/mol. The van der Waals surface area contributed by atoms with E-state index in [9.17, 15) is 4.79 Å². The zero-order valence-electron chi connectivity index (χ0n) is 13.0. The van der Waals surface area contributed by atoms with E-state index >= 15 is 0 Å². The molecule has 20 heavy (non-hydrogen) atoms. The summed E-state index contributed by atoms with van der Waals surface area (Å²) in [6.45, 7) is 10.7. The van der Waals surface area contributed by atoms with Crippen molar-refractivity contribution in [2.24, 2.45) is 0 Å². The molecule has 0 unspecified atom stereocenters. The van der Waals surface area contributed by atoms with Crippen LogP contribution in [0.4, 0.5) is 0 Å². The van der Waals surface area contributed by atoms with E-state index in [2.05, 4.69) is 6.92 Å². The first-order valence-electron chi connectivity index (χ1n) is 7.09. The Morgan fingerprint density at radius 2 is 1.90 bits per heavy atom. The highest BCUT2D eigenvalue weighted by atomic mass is 16.5. The summed E-state index contributed by atoms with van der Waals surface area (Å²) in [7, 11) is 0. The third-order valence-corrected chi connectivity index (χ3v) is 3.49. The second kappa shape index (κ2) is 7.13. The Morgan fingerprint density at radius 3 is 2.40 bits per heavy atom. The van der Waals surface area contributed by atoms with Crippen molar-refractivity contribution in [2.45, 2.75) is 47.5 Å². The lowest BCUT2D eigenvalue weighted by Gasteiger charge is -2.18. The second-order valence-electron chi connectivity index (χ2n) is 5.01. The molecule has 110 valence electrons. The van der Waals surface area contributed by atoms with Gasteiger partial charge in [0, 0.05) is 6.08 Å². The summed E-state index contributed by atoms with van der Waals surface area (Å²) in [6, 6.07) is 2.01. The molecule has 0 aliphatic rings. The van der Waals surface area contributed by atoms with Crippen molar-refractivity contribution in [3.8, 4) is 5.75 Å². The van der Waals surface area contributed by atoms with Crippen LogP contribution in [0, 0.1) is 20.8 Å². The van der Waals surface area contributed by atoms with Crippen LogP contribution in [0.25, 0.3) is 5.57 Å². The lowest BCUT2D eigenvalue weighted by molar-refractivity contribution is -0.131. The Hall–Kier alpha value is -1.77. The molecule has 0 spiro atoms. The summed E-state index contributed by atoms with van der Waals surface area (Å²) in [6.07, 6.45) is 3.02. The minimum atomic E-state index is -0.890. The van der Waals surface area contributed by atoms with Crippen molar-refractivity contribution in [1.82, 2.24) is 0 Å². The minimum absolute atomic E-state index is 0.631. The molecule has 0 radical (unpaired) electrons. The number of aliphatic carboxylic acids is 1. The maximum Gasteiger partial charge on any atom is 0.328 e. The van der Waals surface area contributed by atoms with Gasteiger partial charge in [-0.3, -0.25) is 0 Å². The van der Waals surface area contributed by atoms with Crippen LogP contribution < -0.4 is 4.74 Å². The van der Waals surface area contributed by atoms with Gasteiger partial charge in [0.2, 0.25) is 0 Å². The van der Waals surface area contributed by atoms with Gasteiger partial charge in [0.15, 0.2) is 0 Å². The molecule has 0 heterocycles. The van der Waals surface area contributed by atoms with Gasteiger partial charge in [-0.15, -0.1) is 0 Å². The van der Waals surface area contributed by atoms with Gasteiger partial charge in [-0.05, 0) is 68.0 Å². The first-order valence-corrected chi connectivity index (χ1v) is 7.09. The van der Waals surface area contributed by atoms with Crippen LogP contribution >= 0.6 is 0 Å². The lowest BCUT2D eigenvalue weighted by atomic mass is 9.89. The quantitative estimate of drug-likeness (QED) is 0.789. The van der Waals surface area contributed by atoms with Crippen LogP contribution in [-0.2, 0) is 4.79 Å². The van der Waals surface area contributed by atoms with Gasteiger partial charge in [0.1, 0.15) is 5.75 Å². The number of carboxylic acid groups (broad SMARTS) is 1. The molecule has 1 rings (SSSR count). The van der Waals surface area contributed by atoms with E-state index in [0.29, 0.717) is 6.61 Å². The molecule has 0 aliphatic heterocycles. The van der Waals surface area contributed by atoms with E-state index in [4.69, 9.17) is 9.84 Å². The SMILES string of the molecule is CCC/C(=C\C(=O)O)c1c(C)cc(OCC)c(C)c1C. The van der Waals surface area contributed by atoms with Crippen LogP contribution in [0.5, 0.6) is 5.75 Å². The van der Waals surface area contributed by atoms with Crippen molar-refractivity contribution in [2.75, 3.05) is 6.61 Å². The third-order valence-electron chi connectivity index (χ3n) is 3.49. The summed E-state index contributed by atoms with van der Waals surface area (Å²) in [5.41, 5.74) is 5.20. The third kappa shape index (κ3) is 3.62. The normalized spacial score (nSPS) is 11.6. The van der Waals surface area contributed by atoms with Crippen molar-refractivity contribution >= 4 is 11.5 Å². The Kier molecular flexibility index (Phi) is 5.81. The highest BCUT2D eigenvalue weighted by Gasteiger charge is 2.15. The molecular formula is C17H24O3. The van der Waals surface area contributed by atoms with Crippen molar-refractivity contribution in [3.05, 3.63) is 34.4 Å². The number of hydrogen-bond acceptors (Lipinski definition) is 2. The summed E-state index contributed by atoms with van der Waals surface area (Å²) < 4.78 is 5.64. The highest BCUT2D eigenvalue weighted by molar-refractivity contribution is 5.91. The van der Waals surface area contributed by atoms with Gasteiger partial charge in [-0.2, -0.15) is 0 Å². The molecule has 0 aliphatic carbocycles. The molecule has 0 fully saturated rings. The predicted octanol–water partition coefficient (Wildman–Crippen LogP) is 4.28. The molecule has 1 aromatic rings. The Morgan fingerprint density at radius 1 is 1.25 bits per heavy atom. The van der Waals surface area contributed by atoms with Gasteiger partial charge in [0.05, 0.1) is 6.61 Å². The number of hydrogen-bond donors (Lipinski definition) is 1. The van der Waals surface area contributed by atoms with Gasteiger partial charge in [-0.1, -0.05) is 13.3 Å². The average Bonchev–Trinajstić information content (AvgIpc) is 2.35. The van der Waals surface area contributed by atoms with Crippen LogP contribution in [0.15, 0.2) is 12.1 Å². The smallest absolute Gasteiger partial charge is 0.328 e. The predicted molar refractivity (Wildman–Crippen MR) is 82.3 cm³/mol. The van der Waals surface area contributed by atoms with E-state index in [1.165, 1.54) is 6.08 Å². The standard InChI is InChI=1S/C17H24O3/c1-6-8-14(10-16(18)19)17-11(3)9-15(20-7-2)12(4)13(17)5/h9-10H,6-8H2,1-5H3,(H,18,19)/b14-10+. The van der Waals surface area contributed by atoms with Crippen LogP contribution in [0.1, 0.15) is 48.9 Å². The van der Waals surface area contributed by atoms with Gasteiger partial charge >= 0.3 is 5.97 Å². The molecule has 0 saturated carbocycles. The fraction of sp³-hybridized carbons (Fsp3) is 0.471. The Bertz CT molecular complexity index is 528. The number of carboxylic acids is 1. The monoisotopic (exact) mass is 276 g/mol. The van der Waals surface area contributed by atoms with Gasteiger partial charge in [-0.25, -0.2) is 4.79 Å². The molecule has 1 N–H and O–H groups in total. The number of ether oxygens (including phenoxy) is 1. The maximum atomic E-state index is 11.0. The second-order valence-corrected chi connectivity index (χ2v) is 5.01. The number of benzene rings is 1. The molecule has 3 nitrogen and oxygen atoms in total. The van der Waals surface area contributed by atoms with E-state index in [0.717, 1.165) is 46.4 Å². The summed E-state index contributed by atoms with van der Waals surface area (Å²) in [4.78, 5) is 11.0. The topological polar surface area (TPSA) is 46.5 Å². The number of allylic oxidation sites excluding steroid dienone is 1.